The molecular weight excluding hydrogens is 190 g/mol. The van der Waals surface area contributed by atoms with Crippen LogP contribution in [0.25, 0.3) is 11.0 Å². The summed E-state index contributed by atoms with van der Waals surface area (Å²) < 4.78 is 21.8. The van der Waals surface area contributed by atoms with E-state index in [1.807, 2.05) is 0 Å². The minimum absolute atomic E-state index is 0.200. The number of hydrogen-bond donors (Lipinski definition) is 2. The number of rotatable bonds is 1. The lowest BCUT2D eigenvalue weighted by molar-refractivity contribution is 0.591. The van der Waals surface area contributed by atoms with Crippen LogP contribution in [0.3, 0.4) is 0 Å². The summed E-state index contributed by atoms with van der Waals surface area (Å²) in [4.78, 5) is 6.43. The third-order valence-corrected chi connectivity index (χ3v) is 2.37. The van der Waals surface area contributed by atoms with Gasteiger partial charge in [0, 0.05) is 0 Å². The van der Waals surface area contributed by atoms with Gasteiger partial charge in [0.25, 0.3) is 10.0 Å². The molecule has 0 unspecified atom stereocenters. The summed E-state index contributed by atoms with van der Waals surface area (Å²) in [6, 6.07) is 7.00. The van der Waals surface area contributed by atoms with E-state index in [1.165, 1.54) is 0 Å². The minimum Gasteiger partial charge on any atom is -0.328 e. The zero-order valence-corrected chi connectivity index (χ0v) is 7.38. The van der Waals surface area contributed by atoms with Crippen LogP contribution in [0.15, 0.2) is 29.4 Å². The number of hydrogen-bond acceptors (Lipinski definition) is 3. The Hall–Kier alpha value is -1.40. The van der Waals surface area contributed by atoms with Crippen LogP contribution in [0, 0.1) is 0 Å². The van der Waals surface area contributed by atoms with Crippen molar-refractivity contribution in [3.63, 3.8) is 0 Å². The molecule has 0 saturated carbocycles. The number of H-pyrrole nitrogens is 1. The van der Waals surface area contributed by atoms with Gasteiger partial charge >= 0.3 is 0 Å². The van der Waals surface area contributed by atoms with Gasteiger partial charge in [-0.15, -0.1) is 0 Å². The topological polar surface area (TPSA) is 88.8 Å². The van der Waals surface area contributed by atoms with Crippen LogP contribution in [-0.2, 0) is 10.0 Å². The third kappa shape index (κ3) is 1.41. The van der Waals surface area contributed by atoms with Crippen molar-refractivity contribution in [3.05, 3.63) is 24.3 Å². The summed E-state index contributed by atoms with van der Waals surface area (Å²) in [6.45, 7) is 0. The lowest BCUT2D eigenvalue weighted by Crippen LogP contribution is -2.13. The Morgan fingerprint density at radius 1 is 1.31 bits per heavy atom. The molecule has 1 heterocycles. The zero-order chi connectivity index (χ0) is 9.47. The summed E-state index contributed by atoms with van der Waals surface area (Å²) in [5, 5.41) is 4.70. The van der Waals surface area contributed by atoms with E-state index in [1.54, 1.807) is 24.3 Å². The van der Waals surface area contributed by atoms with Crippen LogP contribution in [-0.4, -0.2) is 18.4 Å². The Labute approximate surface area is 74.6 Å². The fraction of sp³-hybridized carbons (Fsp3) is 0. The molecule has 0 saturated heterocycles. The number of benzene rings is 1. The zero-order valence-electron chi connectivity index (χ0n) is 6.56. The van der Waals surface area contributed by atoms with Gasteiger partial charge < -0.3 is 4.98 Å². The second-order valence-corrected chi connectivity index (χ2v) is 4.08. The van der Waals surface area contributed by atoms with Crippen LogP contribution in [0.1, 0.15) is 0 Å². The average Bonchev–Trinajstić information content (AvgIpc) is 2.45. The van der Waals surface area contributed by atoms with Gasteiger partial charge in [0.2, 0.25) is 5.16 Å². The maximum atomic E-state index is 10.9. The number of sulfonamides is 1. The number of para-hydroxylation sites is 2. The van der Waals surface area contributed by atoms with Gasteiger partial charge in [0.05, 0.1) is 11.0 Å². The maximum Gasteiger partial charge on any atom is 0.271 e. The molecule has 13 heavy (non-hydrogen) atoms. The SMILES string of the molecule is NS(=O)(=O)c1nc2ccccc2[nH]1. The first-order chi connectivity index (χ1) is 6.07. The van der Waals surface area contributed by atoms with Crippen molar-refractivity contribution in [3.8, 4) is 0 Å². The molecule has 3 N–H and O–H groups in total. The largest absolute Gasteiger partial charge is 0.328 e. The van der Waals surface area contributed by atoms with Crippen molar-refractivity contribution in [1.29, 1.82) is 0 Å². The summed E-state index contributed by atoms with van der Waals surface area (Å²) >= 11 is 0. The maximum absolute atomic E-state index is 10.9. The van der Waals surface area contributed by atoms with Crippen LogP contribution < -0.4 is 5.14 Å². The predicted molar refractivity (Wildman–Crippen MR) is 47.5 cm³/mol. The lowest BCUT2D eigenvalue weighted by atomic mass is 10.3. The van der Waals surface area contributed by atoms with Crippen molar-refractivity contribution in [2.24, 2.45) is 5.14 Å². The van der Waals surface area contributed by atoms with Gasteiger partial charge in [-0.25, -0.2) is 18.5 Å². The van der Waals surface area contributed by atoms with Crippen molar-refractivity contribution < 1.29 is 8.42 Å². The van der Waals surface area contributed by atoms with Gasteiger partial charge in [-0.1, -0.05) is 12.1 Å². The second kappa shape index (κ2) is 2.54. The van der Waals surface area contributed by atoms with Gasteiger partial charge in [-0.3, -0.25) is 0 Å². The lowest BCUT2D eigenvalue weighted by Gasteiger charge is -1.86. The molecule has 2 aromatic rings. The summed E-state index contributed by atoms with van der Waals surface area (Å²) in [7, 11) is -3.73. The second-order valence-electron chi connectivity index (χ2n) is 2.60. The summed E-state index contributed by atoms with van der Waals surface area (Å²) in [5.41, 5.74) is 1.25. The number of aromatic amines is 1. The Balaban J connectivity index is 2.77. The smallest absolute Gasteiger partial charge is 0.271 e. The standard InChI is InChI=1S/C7H7N3O2S/c8-13(11,12)7-9-5-3-1-2-4-6(5)10-7/h1-4H,(H,9,10)(H2,8,11,12). The van der Waals surface area contributed by atoms with Crippen molar-refractivity contribution >= 4 is 21.1 Å². The van der Waals surface area contributed by atoms with Gasteiger partial charge in [0.15, 0.2) is 0 Å². The molecule has 68 valence electrons. The highest BCUT2D eigenvalue weighted by atomic mass is 32.2. The number of nitrogens with zero attached hydrogens (tertiary/aromatic N) is 1. The van der Waals surface area contributed by atoms with Crippen LogP contribution in [0.2, 0.25) is 0 Å². The molecular formula is C7H7N3O2S. The highest BCUT2D eigenvalue weighted by molar-refractivity contribution is 7.89. The summed E-state index contributed by atoms with van der Waals surface area (Å²) in [6.07, 6.45) is 0. The fourth-order valence-electron chi connectivity index (χ4n) is 1.06. The van der Waals surface area contributed by atoms with E-state index in [2.05, 4.69) is 9.97 Å². The molecule has 1 aromatic heterocycles. The number of aromatic nitrogens is 2. The molecule has 0 aliphatic heterocycles. The normalized spacial score (nSPS) is 12.1. The molecule has 0 aliphatic carbocycles. The molecule has 0 amide bonds. The Morgan fingerprint density at radius 2 is 2.00 bits per heavy atom. The molecule has 0 spiro atoms. The highest BCUT2D eigenvalue weighted by Gasteiger charge is 2.12. The minimum atomic E-state index is -3.73. The average molecular weight is 197 g/mol. The first kappa shape index (κ1) is 8.21. The van der Waals surface area contributed by atoms with E-state index in [9.17, 15) is 8.42 Å². The number of primary sulfonamides is 1. The fourth-order valence-corrected chi connectivity index (χ4v) is 1.54. The van der Waals surface area contributed by atoms with Crippen LogP contribution in [0.5, 0.6) is 0 Å². The van der Waals surface area contributed by atoms with Gasteiger partial charge in [-0.05, 0) is 12.1 Å². The molecule has 0 radical (unpaired) electrons. The van der Waals surface area contributed by atoms with E-state index in [4.69, 9.17) is 5.14 Å². The number of imidazole rings is 1. The van der Waals surface area contributed by atoms with E-state index >= 15 is 0 Å². The third-order valence-electron chi connectivity index (χ3n) is 1.64. The quantitative estimate of drug-likeness (QED) is 0.684. The monoisotopic (exact) mass is 197 g/mol. The molecule has 2 rings (SSSR count). The van der Waals surface area contributed by atoms with E-state index in [-0.39, 0.29) is 5.16 Å². The van der Waals surface area contributed by atoms with E-state index in [0.29, 0.717) is 11.0 Å². The predicted octanol–water partition coefficient (Wildman–Crippen LogP) is 0.210. The molecule has 1 aromatic carbocycles. The number of nitrogens with one attached hydrogen (secondary N) is 1. The molecule has 0 fully saturated rings. The highest BCUT2D eigenvalue weighted by Crippen LogP contribution is 2.12. The van der Waals surface area contributed by atoms with E-state index < -0.39 is 10.0 Å². The van der Waals surface area contributed by atoms with Gasteiger partial charge in [-0.2, -0.15) is 0 Å². The molecule has 5 nitrogen and oxygen atoms in total. The summed E-state index contributed by atoms with van der Waals surface area (Å²) in [5.74, 6) is 0. The Bertz CT molecular complexity index is 511. The first-order valence-corrected chi connectivity index (χ1v) is 5.09. The van der Waals surface area contributed by atoms with Gasteiger partial charge in [0.1, 0.15) is 0 Å². The molecule has 0 aliphatic rings. The van der Waals surface area contributed by atoms with Crippen molar-refractivity contribution in [1.82, 2.24) is 9.97 Å². The van der Waals surface area contributed by atoms with Crippen molar-refractivity contribution in [2.75, 3.05) is 0 Å². The Morgan fingerprint density at radius 3 is 2.62 bits per heavy atom. The van der Waals surface area contributed by atoms with Crippen molar-refractivity contribution in [2.45, 2.75) is 5.16 Å². The van der Waals surface area contributed by atoms with Crippen LogP contribution in [0.4, 0.5) is 0 Å². The van der Waals surface area contributed by atoms with Crippen LogP contribution >= 0.6 is 0 Å². The first-order valence-electron chi connectivity index (χ1n) is 3.55. The molecule has 0 atom stereocenters. The molecule has 6 heteroatoms. The number of fused-ring (bicyclic) bond motifs is 1. The Kier molecular flexibility index (Phi) is 1.61. The van der Waals surface area contributed by atoms with E-state index in [0.717, 1.165) is 0 Å². The molecule has 0 bridgehead atoms. The number of nitrogens with two attached hydrogens (primary N) is 1.